The predicted octanol–water partition coefficient (Wildman–Crippen LogP) is 2.28. The Balaban J connectivity index is 1.94. The van der Waals surface area contributed by atoms with Gasteiger partial charge in [-0.15, -0.1) is 0 Å². The van der Waals surface area contributed by atoms with Gasteiger partial charge in [0.15, 0.2) is 0 Å². The minimum atomic E-state index is -0.744. The summed E-state index contributed by atoms with van der Waals surface area (Å²) in [4.78, 5) is 12.8. The van der Waals surface area contributed by atoms with Crippen molar-refractivity contribution in [3.8, 4) is 0 Å². The van der Waals surface area contributed by atoms with Crippen LogP contribution < -0.4 is 0 Å². The summed E-state index contributed by atoms with van der Waals surface area (Å²) in [6.07, 6.45) is 2.58. The molecule has 5 nitrogen and oxygen atoms in total. The minimum Gasteiger partial charge on any atom is -0.481 e. The molecule has 0 fully saturated rings. The lowest BCUT2D eigenvalue weighted by molar-refractivity contribution is -0.137. The molecule has 106 valence electrons. The van der Waals surface area contributed by atoms with Crippen molar-refractivity contribution in [2.75, 3.05) is 6.54 Å². The highest BCUT2D eigenvalue weighted by Crippen LogP contribution is 2.09. The van der Waals surface area contributed by atoms with Gasteiger partial charge in [0.05, 0.1) is 0 Å². The molecule has 1 heterocycles. The van der Waals surface area contributed by atoms with Crippen molar-refractivity contribution in [1.29, 1.82) is 0 Å². The first-order chi connectivity index (χ1) is 9.74. The number of carbonyl (C=O) groups is 1. The number of aromatic nitrogens is 2. The lowest BCUT2D eigenvalue weighted by Gasteiger charge is -2.21. The van der Waals surface area contributed by atoms with Crippen molar-refractivity contribution in [1.82, 2.24) is 15.1 Å². The third kappa shape index (κ3) is 4.85. The highest BCUT2D eigenvalue weighted by atomic mass is 16.4. The summed E-state index contributed by atoms with van der Waals surface area (Å²) in [6.45, 7) is 2.30. The molecule has 0 unspecified atom stereocenters. The molecular formula is C15H19N3O2. The smallest absolute Gasteiger partial charge is 0.303 e. The lowest BCUT2D eigenvalue weighted by atomic mass is 10.2. The normalized spacial score (nSPS) is 10.8. The van der Waals surface area contributed by atoms with E-state index >= 15 is 0 Å². The number of carboxylic acid groups (broad SMARTS) is 1. The van der Waals surface area contributed by atoms with Crippen molar-refractivity contribution in [2.45, 2.75) is 25.9 Å². The molecule has 0 saturated carbocycles. The molecule has 20 heavy (non-hydrogen) atoms. The second-order valence-electron chi connectivity index (χ2n) is 4.78. The van der Waals surface area contributed by atoms with Gasteiger partial charge in [0.25, 0.3) is 0 Å². The summed E-state index contributed by atoms with van der Waals surface area (Å²) in [5.74, 6) is -0.744. The largest absolute Gasteiger partial charge is 0.481 e. The van der Waals surface area contributed by atoms with Gasteiger partial charge in [-0.25, -0.2) is 0 Å². The average molecular weight is 273 g/mol. The molecule has 0 aliphatic carbocycles. The SMILES string of the molecule is O=C(O)CCCN(Cc1ccccc1)Cc1ccn[nH]1. The first-order valence-electron chi connectivity index (χ1n) is 6.70. The number of hydrogen-bond acceptors (Lipinski definition) is 3. The second kappa shape index (κ2) is 7.45. The van der Waals surface area contributed by atoms with Crippen molar-refractivity contribution in [3.63, 3.8) is 0 Å². The quantitative estimate of drug-likeness (QED) is 0.774. The summed E-state index contributed by atoms with van der Waals surface area (Å²) in [5, 5.41) is 15.6. The summed E-state index contributed by atoms with van der Waals surface area (Å²) < 4.78 is 0. The third-order valence-electron chi connectivity index (χ3n) is 3.07. The number of aromatic amines is 1. The maximum atomic E-state index is 10.6. The molecule has 0 saturated heterocycles. The molecule has 0 radical (unpaired) electrons. The van der Waals surface area contributed by atoms with Crippen LogP contribution in [0.15, 0.2) is 42.6 Å². The standard InChI is InChI=1S/C15H19N3O2/c19-15(20)7-4-10-18(12-14-8-9-16-17-14)11-13-5-2-1-3-6-13/h1-3,5-6,8-9H,4,7,10-12H2,(H,16,17)(H,19,20). The van der Waals surface area contributed by atoms with Crippen LogP contribution in [0.5, 0.6) is 0 Å². The summed E-state index contributed by atoms with van der Waals surface area (Å²) in [7, 11) is 0. The molecule has 2 rings (SSSR count). The van der Waals surface area contributed by atoms with Gasteiger partial charge in [0.2, 0.25) is 0 Å². The van der Waals surface area contributed by atoms with E-state index in [4.69, 9.17) is 5.11 Å². The van der Waals surface area contributed by atoms with E-state index < -0.39 is 5.97 Å². The van der Waals surface area contributed by atoms with E-state index in [2.05, 4.69) is 27.2 Å². The molecule has 1 aromatic heterocycles. The van der Waals surface area contributed by atoms with Crippen LogP contribution in [0.2, 0.25) is 0 Å². The van der Waals surface area contributed by atoms with E-state index in [0.717, 1.165) is 25.3 Å². The Hall–Kier alpha value is -2.14. The molecule has 0 spiro atoms. The van der Waals surface area contributed by atoms with Crippen molar-refractivity contribution in [2.24, 2.45) is 0 Å². The van der Waals surface area contributed by atoms with Crippen molar-refractivity contribution in [3.05, 3.63) is 53.9 Å². The van der Waals surface area contributed by atoms with E-state index in [1.165, 1.54) is 5.56 Å². The number of nitrogens with zero attached hydrogens (tertiary/aromatic N) is 2. The first kappa shape index (κ1) is 14.3. The van der Waals surface area contributed by atoms with Crippen LogP contribution in [0.25, 0.3) is 0 Å². The Bertz CT molecular complexity index is 511. The molecule has 1 aromatic carbocycles. The molecule has 0 amide bonds. The second-order valence-corrected chi connectivity index (χ2v) is 4.78. The van der Waals surface area contributed by atoms with E-state index in [-0.39, 0.29) is 6.42 Å². The van der Waals surface area contributed by atoms with Crippen LogP contribution in [-0.2, 0) is 17.9 Å². The zero-order valence-electron chi connectivity index (χ0n) is 11.3. The van der Waals surface area contributed by atoms with Crippen molar-refractivity contribution < 1.29 is 9.90 Å². The number of nitrogens with one attached hydrogen (secondary N) is 1. The number of hydrogen-bond donors (Lipinski definition) is 2. The van der Waals surface area contributed by atoms with E-state index in [0.29, 0.717) is 6.42 Å². The van der Waals surface area contributed by atoms with E-state index in [1.54, 1.807) is 6.20 Å². The predicted molar refractivity (Wildman–Crippen MR) is 76.0 cm³/mol. The summed E-state index contributed by atoms with van der Waals surface area (Å²) in [6, 6.07) is 12.1. The van der Waals surface area contributed by atoms with Gasteiger partial charge in [0, 0.05) is 31.4 Å². The average Bonchev–Trinajstić information content (AvgIpc) is 2.92. The Labute approximate surface area is 118 Å². The highest BCUT2D eigenvalue weighted by Gasteiger charge is 2.09. The van der Waals surface area contributed by atoms with E-state index in [1.807, 2.05) is 24.3 Å². The van der Waals surface area contributed by atoms with Crippen LogP contribution in [-0.4, -0.2) is 32.7 Å². The molecular weight excluding hydrogens is 254 g/mol. The molecule has 0 aliphatic rings. The maximum Gasteiger partial charge on any atom is 0.303 e. The Morgan fingerprint density at radius 2 is 2.00 bits per heavy atom. The fourth-order valence-electron chi connectivity index (χ4n) is 2.12. The summed E-state index contributed by atoms with van der Waals surface area (Å²) in [5.41, 5.74) is 2.26. The molecule has 0 aliphatic heterocycles. The number of H-pyrrole nitrogens is 1. The van der Waals surface area contributed by atoms with Crippen LogP contribution >= 0.6 is 0 Å². The fourth-order valence-corrected chi connectivity index (χ4v) is 2.12. The summed E-state index contributed by atoms with van der Waals surface area (Å²) >= 11 is 0. The Morgan fingerprint density at radius 3 is 2.65 bits per heavy atom. The number of aliphatic carboxylic acids is 1. The Kier molecular flexibility index (Phi) is 5.32. The molecule has 0 bridgehead atoms. The molecule has 2 aromatic rings. The zero-order chi connectivity index (χ0) is 14.2. The number of rotatable bonds is 8. The number of benzene rings is 1. The molecule has 5 heteroatoms. The van der Waals surface area contributed by atoms with Gasteiger partial charge in [0.1, 0.15) is 0 Å². The fraction of sp³-hybridized carbons (Fsp3) is 0.333. The van der Waals surface area contributed by atoms with Gasteiger partial charge >= 0.3 is 5.97 Å². The molecule has 2 N–H and O–H groups in total. The van der Waals surface area contributed by atoms with Gasteiger partial charge in [-0.2, -0.15) is 5.10 Å². The van der Waals surface area contributed by atoms with Gasteiger partial charge in [-0.1, -0.05) is 30.3 Å². The maximum absolute atomic E-state index is 10.6. The van der Waals surface area contributed by atoms with Gasteiger partial charge in [-0.3, -0.25) is 14.8 Å². The number of carboxylic acids is 1. The van der Waals surface area contributed by atoms with Crippen LogP contribution in [0.4, 0.5) is 0 Å². The van der Waals surface area contributed by atoms with Gasteiger partial charge < -0.3 is 5.11 Å². The lowest BCUT2D eigenvalue weighted by Crippen LogP contribution is -2.24. The van der Waals surface area contributed by atoms with Crippen LogP contribution in [0.3, 0.4) is 0 Å². The topological polar surface area (TPSA) is 69.2 Å². The zero-order valence-corrected chi connectivity index (χ0v) is 11.3. The van der Waals surface area contributed by atoms with Crippen LogP contribution in [0.1, 0.15) is 24.1 Å². The van der Waals surface area contributed by atoms with Crippen molar-refractivity contribution >= 4 is 5.97 Å². The highest BCUT2D eigenvalue weighted by molar-refractivity contribution is 5.66. The third-order valence-corrected chi connectivity index (χ3v) is 3.07. The monoisotopic (exact) mass is 273 g/mol. The van der Waals surface area contributed by atoms with Crippen LogP contribution in [0, 0.1) is 0 Å². The first-order valence-corrected chi connectivity index (χ1v) is 6.70. The van der Waals surface area contributed by atoms with E-state index in [9.17, 15) is 4.79 Å². The Morgan fingerprint density at radius 1 is 1.20 bits per heavy atom. The molecule has 0 atom stereocenters. The minimum absolute atomic E-state index is 0.203. The van der Waals surface area contributed by atoms with Gasteiger partial charge in [-0.05, 0) is 24.6 Å².